The number of carbonyl (C=O) groups excluding carboxylic acids is 1. The molecule has 1 aromatic carbocycles. The molecule has 0 radical (unpaired) electrons. The molecule has 22 heavy (non-hydrogen) atoms. The Balaban J connectivity index is 2.10. The van der Waals surface area contributed by atoms with Crippen molar-refractivity contribution >= 4 is 17.6 Å². The number of amides is 1. The van der Waals surface area contributed by atoms with Gasteiger partial charge in [-0.3, -0.25) is 4.79 Å². The van der Waals surface area contributed by atoms with Gasteiger partial charge in [-0.25, -0.2) is 9.18 Å². The number of nitrogens with one attached hydrogen (secondary N) is 1. The van der Waals surface area contributed by atoms with Gasteiger partial charge in [0.25, 0.3) is 5.91 Å². The van der Waals surface area contributed by atoms with E-state index in [0.29, 0.717) is 0 Å². The Morgan fingerprint density at radius 3 is 2.36 bits per heavy atom. The molecule has 2 rings (SSSR count). The first-order valence-electron chi connectivity index (χ1n) is 6.57. The predicted octanol–water partition coefficient (Wildman–Crippen LogP) is 1.41. The van der Waals surface area contributed by atoms with Crippen molar-refractivity contribution in [3.05, 3.63) is 17.9 Å². The van der Waals surface area contributed by atoms with E-state index in [1.165, 1.54) is 20.3 Å². The van der Waals surface area contributed by atoms with Crippen LogP contribution in [0.1, 0.15) is 12.8 Å². The molecule has 0 bridgehead atoms. The molecular formula is C14H16FNO6. The van der Waals surface area contributed by atoms with Crippen LogP contribution in [0.4, 0.5) is 10.1 Å². The summed E-state index contributed by atoms with van der Waals surface area (Å²) in [6.45, 7) is 0. The lowest BCUT2D eigenvalue weighted by Gasteiger charge is -2.14. The van der Waals surface area contributed by atoms with E-state index in [1.54, 1.807) is 0 Å². The van der Waals surface area contributed by atoms with Crippen molar-refractivity contribution in [2.75, 3.05) is 19.5 Å². The summed E-state index contributed by atoms with van der Waals surface area (Å²) in [5, 5.41) is 11.2. The summed E-state index contributed by atoms with van der Waals surface area (Å²) in [4.78, 5) is 22.8. The van der Waals surface area contributed by atoms with Crippen molar-refractivity contribution in [2.24, 2.45) is 0 Å². The predicted molar refractivity (Wildman–Crippen MR) is 73.7 cm³/mol. The molecule has 8 heteroatoms. The van der Waals surface area contributed by atoms with Gasteiger partial charge in [-0.05, 0) is 12.8 Å². The second-order valence-electron chi connectivity index (χ2n) is 4.71. The zero-order valence-corrected chi connectivity index (χ0v) is 12.1. The van der Waals surface area contributed by atoms with E-state index in [-0.39, 0.29) is 30.0 Å². The minimum Gasteiger partial charge on any atom is -0.493 e. The topological polar surface area (TPSA) is 94.1 Å². The Morgan fingerprint density at radius 2 is 1.82 bits per heavy atom. The van der Waals surface area contributed by atoms with Crippen molar-refractivity contribution < 1.29 is 33.3 Å². The number of aliphatic carboxylic acids is 1. The Labute approximate surface area is 126 Å². The maximum absolute atomic E-state index is 13.9. The standard InChI is InChI=1S/C14H16FNO6/c1-20-11-5-7(15)8(6-12(11)21-2)16-13(17)9-3-4-10(22-9)14(18)19/h5-6,9-10H,3-4H2,1-2H3,(H,16,17)(H,18,19)/t9-,10+/m0/s1. The van der Waals surface area contributed by atoms with Crippen LogP contribution in [0.3, 0.4) is 0 Å². The first-order valence-corrected chi connectivity index (χ1v) is 6.57. The van der Waals surface area contributed by atoms with E-state index in [9.17, 15) is 14.0 Å². The van der Waals surface area contributed by atoms with Crippen LogP contribution in [-0.4, -0.2) is 43.4 Å². The van der Waals surface area contributed by atoms with E-state index < -0.39 is 29.9 Å². The molecule has 2 N–H and O–H groups in total. The molecule has 0 aliphatic carbocycles. The van der Waals surface area contributed by atoms with Gasteiger partial charge in [0.15, 0.2) is 23.4 Å². The molecule has 0 saturated carbocycles. The van der Waals surface area contributed by atoms with Gasteiger partial charge in [-0.2, -0.15) is 0 Å². The molecule has 120 valence electrons. The summed E-state index contributed by atoms with van der Waals surface area (Å²) in [5.41, 5.74) is -0.0926. The second kappa shape index (κ2) is 6.61. The highest BCUT2D eigenvalue weighted by Gasteiger charge is 2.35. The highest BCUT2D eigenvalue weighted by atomic mass is 19.1. The van der Waals surface area contributed by atoms with Crippen LogP contribution in [0.5, 0.6) is 11.5 Å². The number of methoxy groups -OCH3 is 2. The minimum atomic E-state index is -1.12. The van der Waals surface area contributed by atoms with Gasteiger partial charge in [-0.1, -0.05) is 0 Å². The smallest absolute Gasteiger partial charge is 0.332 e. The first-order chi connectivity index (χ1) is 10.5. The summed E-state index contributed by atoms with van der Waals surface area (Å²) < 4.78 is 29.0. The molecule has 1 amide bonds. The number of carbonyl (C=O) groups is 2. The van der Waals surface area contributed by atoms with E-state index >= 15 is 0 Å². The summed E-state index contributed by atoms with van der Waals surface area (Å²) in [6, 6.07) is 2.37. The lowest BCUT2D eigenvalue weighted by atomic mass is 10.2. The van der Waals surface area contributed by atoms with Crippen LogP contribution >= 0.6 is 0 Å². The van der Waals surface area contributed by atoms with E-state index in [4.69, 9.17) is 19.3 Å². The van der Waals surface area contributed by atoms with E-state index in [0.717, 1.165) is 6.07 Å². The average Bonchev–Trinajstić information content (AvgIpc) is 2.99. The number of anilines is 1. The Bertz CT molecular complexity index is 591. The van der Waals surface area contributed by atoms with Crippen LogP contribution in [0.2, 0.25) is 0 Å². The summed E-state index contributed by atoms with van der Waals surface area (Å²) in [5.74, 6) is -1.96. The lowest BCUT2D eigenvalue weighted by Crippen LogP contribution is -2.30. The number of carboxylic acids is 1. The fourth-order valence-electron chi connectivity index (χ4n) is 2.17. The van der Waals surface area contributed by atoms with Crippen LogP contribution in [0.25, 0.3) is 0 Å². The van der Waals surface area contributed by atoms with Gasteiger partial charge < -0.3 is 24.6 Å². The minimum absolute atomic E-state index is 0.0926. The van der Waals surface area contributed by atoms with Crippen molar-refractivity contribution in [3.8, 4) is 11.5 Å². The number of benzene rings is 1. The van der Waals surface area contributed by atoms with Gasteiger partial charge in [0.05, 0.1) is 19.9 Å². The molecule has 1 saturated heterocycles. The SMILES string of the molecule is COc1cc(F)c(NC(=O)[C@@H]2CC[C@H](C(=O)O)O2)cc1OC. The number of carboxylic acid groups (broad SMARTS) is 1. The Morgan fingerprint density at radius 1 is 1.23 bits per heavy atom. The number of hydrogen-bond acceptors (Lipinski definition) is 5. The molecular weight excluding hydrogens is 297 g/mol. The zero-order chi connectivity index (χ0) is 16.3. The number of rotatable bonds is 5. The molecule has 2 atom stereocenters. The van der Waals surface area contributed by atoms with E-state index in [1.807, 2.05) is 0 Å². The number of hydrogen-bond donors (Lipinski definition) is 2. The van der Waals surface area contributed by atoms with Gasteiger partial charge >= 0.3 is 5.97 Å². The fraction of sp³-hybridized carbons (Fsp3) is 0.429. The summed E-state index contributed by atoms with van der Waals surface area (Å²) in [7, 11) is 2.76. The molecule has 1 heterocycles. The lowest BCUT2D eigenvalue weighted by molar-refractivity contribution is -0.150. The average molecular weight is 313 g/mol. The highest BCUT2D eigenvalue weighted by Crippen LogP contribution is 2.32. The van der Waals surface area contributed by atoms with Crippen molar-refractivity contribution in [1.29, 1.82) is 0 Å². The maximum Gasteiger partial charge on any atom is 0.332 e. The number of halogens is 1. The van der Waals surface area contributed by atoms with Crippen LogP contribution in [0.15, 0.2) is 12.1 Å². The third-order valence-corrected chi connectivity index (χ3v) is 3.32. The van der Waals surface area contributed by atoms with Crippen LogP contribution in [0, 0.1) is 5.82 Å². The molecule has 7 nitrogen and oxygen atoms in total. The third-order valence-electron chi connectivity index (χ3n) is 3.32. The molecule has 0 unspecified atom stereocenters. The van der Waals surface area contributed by atoms with Crippen molar-refractivity contribution in [3.63, 3.8) is 0 Å². The van der Waals surface area contributed by atoms with Crippen molar-refractivity contribution in [1.82, 2.24) is 0 Å². The molecule has 0 spiro atoms. The van der Waals surface area contributed by atoms with Gasteiger partial charge in [0.1, 0.15) is 6.10 Å². The quantitative estimate of drug-likeness (QED) is 0.853. The van der Waals surface area contributed by atoms with Gasteiger partial charge in [-0.15, -0.1) is 0 Å². The molecule has 1 aliphatic heterocycles. The van der Waals surface area contributed by atoms with Crippen LogP contribution < -0.4 is 14.8 Å². The van der Waals surface area contributed by atoms with Crippen molar-refractivity contribution in [2.45, 2.75) is 25.0 Å². The van der Waals surface area contributed by atoms with Crippen LogP contribution in [-0.2, 0) is 14.3 Å². The maximum atomic E-state index is 13.9. The van der Waals surface area contributed by atoms with E-state index in [2.05, 4.69) is 5.32 Å². The Hall–Kier alpha value is -2.35. The molecule has 1 aliphatic rings. The largest absolute Gasteiger partial charge is 0.493 e. The third kappa shape index (κ3) is 3.28. The molecule has 1 aromatic rings. The second-order valence-corrected chi connectivity index (χ2v) is 4.71. The summed E-state index contributed by atoms with van der Waals surface area (Å²) in [6.07, 6.45) is -1.43. The number of ether oxygens (including phenoxy) is 3. The monoisotopic (exact) mass is 313 g/mol. The molecule has 0 aromatic heterocycles. The fourth-order valence-corrected chi connectivity index (χ4v) is 2.17. The molecule has 1 fully saturated rings. The van der Waals surface area contributed by atoms with Gasteiger partial charge in [0, 0.05) is 12.1 Å². The zero-order valence-electron chi connectivity index (χ0n) is 12.1. The highest BCUT2D eigenvalue weighted by molar-refractivity contribution is 5.95. The Kier molecular flexibility index (Phi) is 4.81. The normalized spacial score (nSPS) is 20.5. The summed E-state index contributed by atoms with van der Waals surface area (Å²) >= 11 is 0. The first kappa shape index (κ1) is 16.0. The van der Waals surface area contributed by atoms with Gasteiger partial charge in [0.2, 0.25) is 0 Å².